The number of ether oxygens (including phenoxy) is 1. The van der Waals surface area contributed by atoms with E-state index in [1.807, 2.05) is 84.5 Å². The molecular weight excluding hydrogens is 512 g/mol. The van der Waals surface area contributed by atoms with Gasteiger partial charge in [0.2, 0.25) is 0 Å². The Bertz CT molecular complexity index is 1700. The quantitative estimate of drug-likeness (QED) is 0.272. The molecular formula is C31H27F2N5O2. The van der Waals surface area contributed by atoms with Gasteiger partial charge in [0.05, 0.1) is 42.5 Å². The lowest BCUT2D eigenvalue weighted by Crippen LogP contribution is -2.38. The van der Waals surface area contributed by atoms with Crippen LogP contribution in [0.5, 0.6) is 5.75 Å². The Balaban J connectivity index is 1.55. The van der Waals surface area contributed by atoms with Gasteiger partial charge in [0, 0.05) is 17.8 Å². The highest BCUT2D eigenvalue weighted by atomic mass is 19.1. The van der Waals surface area contributed by atoms with E-state index >= 15 is 0 Å². The fraction of sp³-hybridized carbons (Fsp3) is 0.161. The van der Waals surface area contributed by atoms with Crippen LogP contribution >= 0.6 is 0 Å². The number of halogens is 2. The Labute approximate surface area is 230 Å². The molecule has 1 N–H and O–H groups in total. The van der Waals surface area contributed by atoms with Crippen molar-refractivity contribution in [1.29, 1.82) is 0 Å². The zero-order chi connectivity index (χ0) is 27.8. The Morgan fingerprint density at radius 2 is 1.85 bits per heavy atom. The number of carbonyl (C=O) groups excluding carboxylic acids is 1. The van der Waals surface area contributed by atoms with Gasteiger partial charge in [-0.25, -0.2) is 18.3 Å². The minimum absolute atomic E-state index is 0.105. The maximum Gasteiger partial charge on any atom is 0.323 e. The number of benzene rings is 3. The lowest BCUT2D eigenvalue weighted by atomic mass is 10.0. The molecule has 1 aliphatic heterocycles. The number of anilines is 1. The van der Waals surface area contributed by atoms with E-state index in [2.05, 4.69) is 9.88 Å². The highest BCUT2D eigenvalue weighted by Crippen LogP contribution is 2.39. The van der Waals surface area contributed by atoms with Crippen molar-refractivity contribution < 1.29 is 18.3 Å². The van der Waals surface area contributed by atoms with Crippen LogP contribution in [0.2, 0.25) is 0 Å². The number of rotatable bonds is 5. The molecule has 40 heavy (non-hydrogen) atoms. The van der Waals surface area contributed by atoms with Gasteiger partial charge >= 0.3 is 6.03 Å². The smallest absolute Gasteiger partial charge is 0.323 e. The fourth-order valence-electron chi connectivity index (χ4n) is 5.29. The number of para-hydroxylation sites is 1. The molecule has 0 saturated carbocycles. The van der Waals surface area contributed by atoms with Crippen LogP contribution in [0.15, 0.2) is 91.1 Å². The molecule has 5 aromatic rings. The molecule has 3 heterocycles. The summed E-state index contributed by atoms with van der Waals surface area (Å²) < 4.78 is 37.7. The number of methoxy groups -OCH3 is 1. The second-order valence-electron chi connectivity index (χ2n) is 9.51. The number of aromatic nitrogens is 3. The van der Waals surface area contributed by atoms with E-state index in [4.69, 9.17) is 9.84 Å². The number of hydrogen-bond acceptors (Lipinski definition) is 3. The van der Waals surface area contributed by atoms with Crippen molar-refractivity contribution in [2.45, 2.75) is 25.9 Å². The first kappa shape index (κ1) is 25.4. The van der Waals surface area contributed by atoms with Crippen LogP contribution < -0.4 is 10.1 Å². The van der Waals surface area contributed by atoms with Crippen molar-refractivity contribution in [3.8, 4) is 17.3 Å². The summed E-state index contributed by atoms with van der Waals surface area (Å²) in [5.41, 5.74) is 4.14. The van der Waals surface area contributed by atoms with E-state index in [1.165, 1.54) is 6.07 Å². The number of hydrogen-bond donors (Lipinski definition) is 1. The molecule has 2 amide bonds. The number of fused-ring (bicyclic) bond motifs is 3. The van der Waals surface area contributed by atoms with E-state index in [0.29, 0.717) is 12.2 Å². The first-order valence-corrected chi connectivity index (χ1v) is 13.0. The van der Waals surface area contributed by atoms with E-state index in [9.17, 15) is 13.6 Å². The molecule has 6 rings (SSSR count). The highest BCUT2D eigenvalue weighted by Gasteiger charge is 2.36. The van der Waals surface area contributed by atoms with Crippen molar-refractivity contribution in [2.75, 3.05) is 12.4 Å². The molecule has 0 fully saturated rings. The Morgan fingerprint density at radius 3 is 2.60 bits per heavy atom. The van der Waals surface area contributed by atoms with Crippen LogP contribution in [0.25, 0.3) is 11.5 Å². The zero-order valence-corrected chi connectivity index (χ0v) is 22.0. The maximum absolute atomic E-state index is 14.6. The molecule has 0 saturated heterocycles. The van der Waals surface area contributed by atoms with E-state index in [-0.39, 0.29) is 12.2 Å². The van der Waals surface area contributed by atoms with Gasteiger partial charge in [0.25, 0.3) is 0 Å². The van der Waals surface area contributed by atoms with Crippen LogP contribution in [0, 0.1) is 11.6 Å². The predicted molar refractivity (Wildman–Crippen MR) is 148 cm³/mol. The number of urea groups is 1. The van der Waals surface area contributed by atoms with Crippen molar-refractivity contribution in [2.24, 2.45) is 0 Å². The highest BCUT2D eigenvalue weighted by molar-refractivity contribution is 5.90. The third-order valence-corrected chi connectivity index (χ3v) is 7.15. The minimum atomic E-state index is -0.851. The second kappa shape index (κ2) is 10.3. The van der Waals surface area contributed by atoms with Crippen molar-refractivity contribution in [3.63, 3.8) is 0 Å². The van der Waals surface area contributed by atoms with Crippen LogP contribution in [-0.2, 0) is 13.0 Å². The average Bonchev–Trinajstić information content (AvgIpc) is 3.56. The number of carbonyl (C=O) groups is 1. The molecule has 0 spiro atoms. The molecule has 1 aliphatic rings. The molecule has 0 bridgehead atoms. The van der Waals surface area contributed by atoms with Gasteiger partial charge in [0.1, 0.15) is 23.2 Å². The summed E-state index contributed by atoms with van der Waals surface area (Å²) in [6.45, 7) is 2.22. The fourth-order valence-corrected chi connectivity index (χ4v) is 5.29. The van der Waals surface area contributed by atoms with Gasteiger partial charge < -0.3 is 19.5 Å². The van der Waals surface area contributed by atoms with Crippen LogP contribution in [-0.4, -0.2) is 32.4 Å². The summed E-state index contributed by atoms with van der Waals surface area (Å²) in [6, 6.07) is 23.3. The summed E-state index contributed by atoms with van der Waals surface area (Å²) in [5, 5.41) is 7.61. The summed E-state index contributed by atoms with van der Waals surface area (Å²) in [4.78, 5) is 15.7. The second-order valence-corrected chi connectivity index (χ2v) is 9.51. The van der Waals surface area contributed by atoms with Gasteiger partial charge in [-0.2, -0.15) is 5.10 Å². The van der Waals surface area contributed by atoms with E-state index in [0.717, 1.165) is 46.2 Å². The maximum atomic E-state index is 14.6. The summed E-state index contributed by atoms with van der Waals surface area (Å²) in [5.74, 6) is -0.0922. The van der Waals surface area contributed by atoms with Gasteiger partial charge in [-0.1, -0.05) is 37.3 Å². The molecule has 3 aromatic carbocycles. The lowest BCUT2D eigenvalue weighted by molar-refractivity contribution is 0.194. The van der Waals surface area contributed by atoms with Gasteiger partial charge in [-0.3, -0.25) is 0 Å². The first-order valence-electron chi connectivity index (χ1n) is 13.0. The van der Waals surface area contributed by atoms with Crippen LogP contribution in [0.3, 0.4) is 0 Å². The van der Waals surface area contributed by atoms with E-state index in [1.54, 1.807) is 12.0 Å². The molecule has 7 nitrogen and oxygen atoms in total. The van der Waals surface area contributed by atoms with Crippen LogP contribution in [0.4, 0.5) is 19.3 Å². The number of aryl methyl sites for hydroxylation is 1. The Kier molecular flexibility index (Phi) is 6.55. The predicted octanol–water partition coefficient (Wildman–Crippen LogP) is 6.65. The average molecular weight is 540 g/mol. The molecule has 1 atom stereocenters. The molecule has 0 aliphatic carbocycles. The first-order chi connectivity index (χ1) is 19.5. The number of nitrogens with one attached hydrogen (secondary N) is 1. The third kappa shape index (κ3) is 4.39. The third-order valence-electron chi connectivity index (χ3n) is 7.15. The SMILES string of the molecule is CCc1nn(-c2ccccc2)c2c1CN(C(=O)Nc1ccc(F)cc1F)C(c1cccc(OC)c1)c1cccn1-2. The molecule has 202 valence electrons. The molecule has 9 heteroatoms. The van der Waals surface area contributed by atoms with Crippen molar-refractivity contribution in [1.82, 2.24) is 19.2 Å². The summed E-state index contributed by atoms with van der Waals surface area (Å²) >= 11 is 0. The van der Waals surface area contributed by atoms with Crippen LogP contribution in [0.1, 0.15) is 35.5 Å². The normalized spacial score (nSPS) is 14.3. The summed E-state index contributed by atoms with van der Waals surface area (Å²) in [7, 11) is 1.59. The zero-order valence-electron chi connectivity index (χ0n) is 22.0. The monoisotopic (exact) mass is 539 g/mol. The number of nitrogens with zero attached hydrogens (tertiary/aromatic N) is 4. The largest absolute Gasteiger partial charge is 0.497 e. The molecule has 0 radical (unpaired) electrons. The van der Waals surface area contributed by atoms with Gasteiger partial charge in [-0.15, -0.1) is 0 Å². The number of amides is 2. The Morgan fingerprint density at radius 1 is 1.02 bits per heavy atom. The van der Waals surface area contributed by atoms with E-state index < -0.39 is 23.7 Å². The van der Waals surface area contributed by atoms with Crippen molar-refractivity contribution in [3.05, 3.63) is 125 Å². The Hall–Kier alpha value is -4.92. The standard InChI is InChI=1S/C31H27F2N5O2/c1-3-26-24-19-37(31(39)34-27-15-14-21(32)18-25(27)33)29(20-9-7-12-23(17-20)40-2)28-13-8-16-36(28)30(24)38(35-26)22-10-5-4-6-11-22/h4-18,29H,3,19H2,1-2H3,(H,34,39). The minimum Gasteiger partial charge on any atom is -0.497 e. The van der Waals surface area contributed by atoms with Crippen molar-refractivity contribution >= 4 is 11.7 Å². The van der Waals surface area contributed by atoms with Gasteiger partial charge in [-0.05, 0) is 60.5 Å². The topological polar surface area (TPSA) is 64.3 Å². The lowest BCUT2D eigenvalue weighted by Gasteiger charge is -2.31. The molecule has 2 aromatic heterocycles. The summed E-state index contributed by atoms with van der Waals surface area (Å²) in [6.07, 6.45) is 2.60. The molecule has 1 unspecified atom stereocenters. The van der Waals surface area contributed by atoms with Gasteiger partial charge in [0.15, 0.2) is 0 Å².